The Labute approximate surface area is 270 Å². The van der Waals surface area contributed by atoms with E-state index in [0.29, 0.717) is 12.3 Å². The van der Waals surface area contributed by atoms with Crippen molar-refractivity contribution in [3.63, 3.8) is 0 Å². The minimum atomic E-state index is 0.369. The Kier molecular flexibility index (Phi) is 28.7. The molecule has 1 amide bonds. The van der Waals surface area contributed by atoms with Crippen LogP contribution in [0.1, 0.15) is 194 Å². The van der Waals surface area contributed by atoms with E-state index in [1.807, 2.05) is 0 Å². The summed E-state index contributed by atoms with van der Waals surface area (Å²) < 4.78 is 0. The van der Waals surface area contributed by atoms with E-state index in [1.165, 1.54) is 161 Å². The number of hydrogen-bond donors (Lipinski definition) is 0. The van der Waals surface area contributed by atoms with E-state index in [-0.39, 0.29) is 0 Å². The normalized spacial score (nSPS) is 14.1. The average molecular weight is 601 g/mol. The summed E-state index contributed by atoms with van der Waals surface area (Å²) in [4.78, 5) is 18.0. The fourth-order valence-electron chi connectivity index (χ4n) is 6.44. The molecule has 3 heteroatoms. The zero-order valence-electron chi connectivity index (χ0n) is 29.7. The Morgan fingerprint density at radius 1 is 0.558 bits per heavy atom. The molecule has 0 aromatic heterocycles. The summed E-state index contributed by atoms with van der Waals surface area (Å²) in [6.07, 6.45) is 42.0. The first-order valence-electron chi connectivity index (χ1n) is 19.5. The number of amides is 1. The lowest BCUT2D eigenvalue weighted by molar-refractivity contribution is -0.131. The van der Waals surface area contributed by atoms with Crippen molar-refractivity contribution in [1.82, 2.24) is 9.80 Å². The topological polar surface area (TPSA) is 23.6 Å². The molecular weight excluding hydrogens is 524 g/mol. The Bertz CT molecular complexity index is 641. The molecule has 1 rings (SSSR count). The van der Waals surface area contributed by atoms with Crippen LogP contribution in [0.4, 0.5) is 0 Å². The molecule has 0 fully saturated rings. The summed E-state index contributed by atoms with van der Waals surface area (Å²) in [5.41, 5.74) is 1.55. The van der Waals surface area contributed by atoms with Crippen LogP contribution in [0.5, 0.6) is 0 Å². The van der Waals surface area contributed by atoms with Gasteiger partial charge < -0.3 is 9.80 Å². The van der Waals surface area contributed by atoms with Gasteiger partial charge in [-0.3, -0.25) is 4.79 Å². The second kappa shape index (κ2) is 30.9. The Morgan fingerprint density at radius 2 is 1.00 bits per heavy atom. The Morgan fingerprint density at radius 3 is 1.49 bits per heavy atom. The molecule has 0 spiro atoms. The molecule has 0 saturated heterocycles. The van der Waals surface area contributed by atoms with Crippen LogP contribution in [-0.4, -0.2) is 48.4 Å². The second-order valence-corrected chi connectivity index (χ2v) is 13.5. The summed E-state index contributed by atoms with van der Waals surface area (Å²) in [7, 11) is 0. The molecule has 0 aliphatic carbocycles. The molecule has 0 unspecified atom stereocenters. The molecule has 0 atom stereocenters. The van der Waals surface area contributed by atoms with Crippen LogP contribution in [0.25, 0.3) is 0 Å². The molecule has 43 heavy (non-hydrogen) atoms. The maximum atomic E-state index is 13.1. The quantitative estimate of drug-likeness (QED) is 0.0605. The number of carbonyl (C=O) groups is 1. The molecule has 0 N–H and O–H groups in total. The zero-order chi connectivity index (χ0) is 31.1. The van der Waals surface area contributed by atoms with Crippen molar-refractivity contribution < 1.29 is 4.79 Å². The van der Waals surface area contributed by atoms with Gasteiger partial charge in [0.25, 0.3) is 0 Å². The van der Waals surface area contributed by atoms with Crippen LogP contribution in [0.2, 0.25) is 0 Å². The summed E-state index contributed by atoms with van der Waals surface area (Å²) in [6, 6.07) is 0. The van der Waals surface area contributed by atoms with Gasteiger partial charge in [0, 0.05) is 26.1 Å². The third kappa shape index (κ3) is 24.9. The predicted octanol–water partition coefficient (Wildman–Crippen LogP) is 12.2. The van der Waals surface area contributed by atoms with E-state index in [2.05, 4.69) is 48.8 Å². The second-order valence-electron chi connectivity index (χ2n) is 13.5. The van der Waals surface area contributed by atoms with Crippen LogP contribution in [0.3, 0.4) is 0 Å². The van der Waals surface area contributed by atoms with Gasteiger partial charge in [0.05, 0.1) is 0 Å². The summed E-state index contributed by atoms with van der Waals surface area (Å²) >= 11 is 0. The molecule has 3 nitrogen and oxygen atoms in total. The first-order chi connectivity index (χ1) is 21.2. The number of unbranched alkanes of at least 4 members (excludes halogenated alkanes) is 19. The van der Waals surface area contributed by atoms with E-state index in [4.69, 9.17) is 0 Å². The van der Waals surface area contributed by atoms with Gasteiger partial charge >= 0.3 is 0 Å². The minimum Gasteiger partial charge on any atom is -0.342 e. The maximum absolute atomic E-state index is 13.1. The van der Waals surface area contributed by atoms with Crippen LogP contribution in [-0.2, 0) is 4.79 Å². The molecule has 0 aromatic rings. The highest BCUT2D eigenvalue weighted by Crippen LogP contribution is 2.18. The number of hydrogen-bond acceptors (Lipinski definition) is 2. The van der Waals surface area contributed by atoms with Gasteiger partial charge in [-0.25, -0.2) is 0 Å². The first kappa shape index (κ1) is 39.9. The van der Waals surface area contributed by atoms with E-state index in [0.717, 1.165) is 38.8 Å². The Balaban J connectivity index is 2.62. The lowest BCUT2D eigenvalue weighted by Crippen LogP contribution is -2.32. The van der Waals surface area contributed by atoms with E-state index in [9.17, 15) is 4.79 Å². The van der Waals surface area contributed by atoms with Gasteiger partial charge in [0.2, 0.25) is 5.91 Å². The van der Waals surface area contributed by atoms with Crippen molar-refractivity contribution in [3.05, 3.63) is 23.8 Å². The molecule has 1 aliphatic rings. The van der Waals surface area contributed by atoms with Crippen molar-refractivity contribution in [2.45, 2.75) is 194 Å². The standard InChI is InChI=1S/C40H76N2O/c1-4-7-10-13-16-17-20-25-30-39(31-32-40(43)42-36-28-23-24-29-37-42)33-38-41(34-26-21-18-14-11-8-5-2)35-27-22-19-15-12-9-6-3/h23-24,30H,4-22,25-29,31-38H2,1-3H3/b39-30-. The number of carbonyl (C=O) groups excluding carboxylic acids is 1. The third-order valence-electron chi connectivity index (χ3n) is 9.46. The fraction of sp³-hybridized carbons (Fsp3) is 0.875. The van der Waals surface area contributed by atoms with Gasteiger partial charge in [-0.1, -0.05) is 160 Å². The SMILES string of the molecule is CCCCCCCCC/C=C(/CCC(=O)N1CCC=CCC1)CCN(CCCCCCCCC)CCCCCCCCC. The largest absolute Gasteiger partial charge is 0.342 e. The summed E-state index contributed by atoms with van der Waals surface area (Å²) in [6.45, 7) is 12.4. The van der Waals surface area contributed by atoms with Gasteiger partial charge in [-0.2, -0.15) is 0 Å². The first-order valence-corrected chi connectivity index (χ1v) is 19.5. The third-order valence-corrected chi connectivity index (χ3v) is 9.46. The van der Waals surface area contributed by atoms with Crippen LogP contribution in [0.15, 0.2) is 23.8 Å². The van der Waals surface area contributed by atoms with Crippen molar-refractivity contribution in [2.24, 2.45) is 0 Å². The molecule has 0 bridgehead atoms. The van der Waals surface area contributed by atoms with Crippen LogP contribution >= 0.6 is 0 Å². The van der Waals surface area contributed by atoms with Crippen LogP contribution in [0, 0.1) is 0 Å². The van der Waals surface area contributed by atoms with Gasteiger partial charge in [-0.15, -0.1) is 0 Å². The number of allylic oxidation sites excluding steroid dienone is 1. The summed E-state index contributed by atoms with van der Waals surface area (Å²) in [5.74, 6) is 0.369. The molecule has 0 radical (unpaired) electrons. The molecule has 0 saturated carbocycles. The summed E-state index contributed by atoms with van der Waals surface area (Å²) in [5, 5.41) is 0. The van der Waals surface area contributed by atoms with Crippen molar-refractivity contribution in [2.75, 3.05) is 32.7 Å². The lowest BCUT2D eigenvalue weighted by atomic mass is 10.0. The average Bonchev–Trinajstić information content (AvgIpc) is 3.31. The van der Waals surface area contributed by atoms with E-state index >= 15 is 0 Å². The van der Waals surface area contributed by atoms with Crippen molar-refractivity contribution >= 4 is 5.91 Å². The van der Waals surface area contributed by atoms with Gasteiger partial charge in [-0.05, 0) is 64.5 Å². The minimum absolute atomic E-state index is 0.369. The smallest absolute Gasteiger partial charge is 0.222 e. The zero-order valence-corrected chi connectivity index (χ0v) is 29.7. The molecule has 0 aromatic carbocycles. The van der Waals surface area contributed by atoms with Crippen molar-refractivity contribution in [1.29, 1.82) is 0 Å². The fourth-order valence-corrected chi connectivity index (χ4v) is 6.44. The highest BCUT2D eigenvalue weighted by molar-refractivity contribution is 5.76. The van der Waals surface area contributed by atoms with E-state index < -0.39 is 0 Å². The molecule has 252 valence electrons. The lowest BCUT2D eigenvalue weighted by Gasteiger charge is -2.24. The maximum Gasteiger partial charge on any atom is 0.222 e. The number of nitrogens with zero attached hydrogens (tertiary/aromatic N) is 2. The monoisotopic (exact) mass is 601 g/mol. The highest BCUT2D eigenvalue weighted by atomic mass is 16.2. The Hall–Kier alpha value is -1.09. The molecule has 1 heterocycles. The van der Waals surface area contributed by atoms with Gasteiger partial charge in [0.1, 0.15) is 0 Å². The van der Waals surface area contributed by atoms with Crippen molar-refractivity contribution in [3.8, 4) is 0 Å². The van der Waals surface area contributed by atoms with Gasteiger partial charge in [0.15, 0.2) is 0 Å². The highest BCUT2D eigenvalue weighted by Gasteiger charge is 2.15. The van der Waals surface area contributed by atoms with Crippen LogP contribution < -0.4 is 0 Å². The molecular formula is C40H76N2O. The van der Waals surface area contributed by atoms with E-state index in [1.54, 1.807) is 5.57 Å². The predicted molar refractivity (Wildman–Crippen MR) is 192 cm³/mol. The number of rotatable bonds is 30. The molecule has 1 aliphatic heterocycles.